The first-order valence-corrected chi connectivity index (χ1v) is 11.7. The van der Waals surface area contributed by atoms with Crippen LogP contribution in [0.4, 0.5) is 10.1 Å². The van der Waals surface area contributed by atoms with Crippen LogP contribution in [0.1, 0.15) is 32.8 Å². The third-order valence-electron chi connectivity index (χ3n) is 5.31. The number of hydrogen-bond acceptors (Lipinski definition) is 4. The Morgan fingerprint density at radius 3 is 2.23 bits per heavy atom. The second-order valence-corrected chi connectivity index (χ2v) is 9.24. The third kappa shape index (κ3) is 3.86. The summed E-state index contributed by atoms with van der Waals surface area (Å²) in [6, 6.07) is 9.18. The van der Waals surface area contributed by atoms with Gasteiger partial charge in [0.1, 0.15) is 10.7 Å². The molecule has 0 amide bonds. The molecule has 30 heavy (non-hydrogen) atoms. The number of anilines is 1. The van der Waals surface area contributed by atoms with Crippen LogP contribution >= 0.6 is 0 Å². The summed E-state index contributed by atoms with van der Waals surface area (Å²) in [7, 11) is -4.03. The van der Waals surface area contributed by atoms with Crippen LogP contribution in [-0.4, -0.2) is 26.1 Å². The average Bonchev–Trinajstić information content (AvgIpc) is 2.72. The zero-order chi connectivity index (χ0) is 22.1. The van der Waals surface area contributed by atoms with E-state index < -0.39 is 21.1 Å². The molecule has 0 N–H and O–H groups in total. The fourth-order valence-corrected chi connectivity index (χ4v) is 5.01. The van der Waals surface area contributed by atoms with Crippen LogP contribution in [0.3, 0.4) is 0 Å². The maximum Gasteiger partial charge on any atom is 0.211 e. The molecule has 0 fully saturated rings. The van der Waals surface area contributed by atoms with Crippen molar-refractivity contribution >= 4 is 26.4 Å². The molecule has 0 saturated carbocycles. The number of pyridine rings is 1. The molecule has 160 valence electrons. The van der Waals surface area contributed by atoms with Gasteiger partial charge in [0.25, 0.3) is 0 Å². The third-order valence-corrected chi connectivity index (χ3v) is 7.07. The summed E-state index contributed by atoms with van der Waals surface area (Å²) in [6.45, 7) is 9.45. The van der Waals surface area contributed by atoms with Crippen molar-refractivity contribution in [3.8, 4) is 0 Å². The summed E-state index contributed by atoms with van der Waals surface area (Å²) in [5, 5.41) is 0.0741. The molecule has 0 atom stereocenters. The molecule has 0 radical (unpaired) electrons. The summed E-state index contributed by atoms with van der Waals surface area (Å²) < 4.78 is 43.0. The lowest BCUT2D eigenvalue weighted by molar-refractivity contribution is 0.592. The van der Waals surface area contributed by atoms with E-state index in [1.54, 1.807) is 22.8 Å². The first-order valence-electron chi connectivity index (χ1n) is 10.2. The predicted octanol–water partition coefficient (Wildman–Crippen LogP) is 4.54. The summed E-state index contributed by atoms with van der Waals surface area (Å²) in [6.07, 6.45) is 2.13. The Bertz CT molecular complexity index is 1230. The lowest BCUT2D eigenvalue weighted by Gasteiger charge is -2.23. The first kappa shape index (κ1) is 22.0. The van der Waals surface area contributed by atoms with Gasteiger partial charge in [0.15, 0.2) is 0 Å². The highest BCUT2D eigenvalue weighted by Gasteiger charge is 2.25. The first-order chi connectivity index (χ1) is 14.2. The van der Waals surface area contributed by atoms with E-state index in [9.17, 15) is 17.6 Å². The second kappa shape index (κ2) is 8.60. The number of aromatic nitrogens is 1. The zero-order valence-corrected chi connectivity index (χ0v) is 18.6. The normalized spacial score (nSPS) is 11.8. The van der Waals surface area contributed by atoms with Crippen LogP contribution in [0, 0.1) is 12.7 Å². The van der Waals surface area contributed by atoms with E-state index in [-0.39, 0.29) is 15.2 Å². The molecule has 0 spiro atoms. The van der Waals surface area contributed by atoms with Gasteiger partial charge < -0.3 is 9.47 Å². The lowest BCUT2D eigenvalue weighted by atomic mass is 10.1. The molecule has 3 rings (SSSR count). The van der Waals surface area contributed by atoms with Crippen LogP contribution in [-0.2, 0) is 16.4 Å². The van der Waals surface area contributed by atoms with Crippen LogP contribution < -0.4 is 10.3 Å². The summed E-state index contributed by atoms with van der Waals surface area (Å²) >= 11 is 0. The van der Waals surface area contributed by atoms with Gasteiger partial charge in [-0.25, -0.2) is 12.8 Å². The van der Waals surface area contributed by atoms with Gasteiger partial charge >= 0.3 is 0 Å². The molecule has 5 nitrogen and oxygen atoms in total. The van der Waals surface area contributed by atoms with Crippen molar-refractivity contribution in [2.24, 2.45) is 0 Å². The van der Waals surface area contributed by atoms with E-state index in [1.807, 2.05) is 32.6 Å². The van der Waals surface area contributed by atoms with E-state index in [0.717, 1.165) is 12.0 Å². The minimum absolute atomic E-state index is 0.0489. The monoisotopic (exact) mass is 430 g/mol. The van der Waals surface area contributed by atoms with Gasteiger partial charge in [-0.3, -0.25) is 4.79 Å². The summed E-state index contributed by atoms with van der Waals surface area (Å²) in [5.41, 5.74) is 1.18. The van der Waals surface area contributed by atoms with Crippen molar-refractivity contribution in [1.82, 2.24) is 4.57 Å². The molecular formula is C23H27FN2O3S. The van der Waals surface area contributed by atoms with Gasteiger partial charge in [0, 0.05) is 25.8 Å². The van der Waals surface area contributed by atoms with Crippen molar-refractivity contribution in [2.75, 3.05) is 18.0 Å². The van der Waals surface area contributed by atoms with Gasteiger partial charge in [-0.1, -0.05) is 24.6 Å². The Labute approximate surface area is 176 Å². The van der Waals surface area contributed by atoms with Gasteiger partial charge in [0.2, 0.25) is 15.3 Å². The maximum absolute atomic E-state index is 14.9. The molecule has 1 heterocycles. The molecule has 0 aliphatic rings. The molecular weight excluding hydrogens is 403 g/mol. The van der Waals surface area contributed by atoms with Crippen LogP contribution in [0.15, 0.2) is 57.2 Å². The molecule has 0 aliphatic heterocycles. The number of benzene rings is 2. The van der Waals surface area contributed by atoms with Gasteiger partial charge in [-0.15, -0.1) is 0 Å². The Hall–Kier alpha value is -2.67. The highest BCUT2D eigenvalue weighted by molar-refractivity contribution is 7.91. The van der Waals surface area contributed by atoms with Crippen LogP contribution in [0.25, 0.3) is 10.9 Å². The van der Waals surface area contributed by atoms with E-state index in [0.29, 0.717) is 30.8 Å². The quantitative estimate of drug-likeness (QED) is 0.552. The van der Waals surface area contributed by atoms with Gasteiger partial charge in [0.05, 0.1) is 21.5 Å². The zero-order valence-electron chi connectivity index (χ0n) is 17.8. The number of halogens is 1. The summed E-state index contributed by atoms with van der Waals surface area (Å²) in [4.78, 5) is 14.8. The van der Waals surface area contributed by atoms with E-state index in [2.05, 4.69) is 0 Å². The number of fused-ring (bicyclic) bond motifs is 1. The minimum atomic E-state index is -4.03. The number of hydrogen-bond donors (Lipinski definition) is 0. The largest absolute Gasteiger partial charge is 0.370 e. The molecule has 7 heteroatoms. The Kier molecular flexibility index (Phi) is 6.31. The molecule has 0 saturated heterocycles. The summed E-state index contributed by atoms with van der Waals surface area (Å²) in [5.74, 6) is -0.531. The molecule has 2 aromatic carbocycles. The van der Waals surface area contributed by atoms with Crippen LogP contribution in [0.2, 0.25) is 0 Å². The van der Waals surface area contributed by atoms with Crippen molar-refractivity contribution < 1.29 is 12.8 Å². The Morgan fingerprint density at radius 1 is 1.03 bits per heavy atom. The molecule has 3 aromatic rings. The van der Waals surface area contributed by atoms with E-state index in [1.165, 1.54) is 24.4 Å². The number of nitrogens with zero attached hydrogens (tertiary/aromatic N) is 2. The van der Waals surface area contributed by atoms with E-state index in [4.69, 9.17) is 0 Å². The highest BCUT2D eigenvalue weighted by Crippen LogP contribution is 2.27. The molecule has 0 unspecified atom stereocenters. The number of rotatable bonds is 7. The fourth-order valence-electron chi connectivity index (χ4n) is 3.64. The molecule has 0 aliphatic carbocycles. The average molecular weight is 431 g/mol. The molecule has 1 aromatic heterocycles. The van der Waals surface area contributed by atoms with Gasteiger partial charge in [-0.05, 0) is 51.5 Å². The van der Waals surface area contributed by atoms with Crippen LogP contribution in [0.5, 0.6) is 0 Å². The Morgan fingerprint density at radius 2 is 1.67 bits per heavy atom. The van der Waals surface area contributed by atoms with Crippen molar-refractivity contribution in [3.63, 3.8) is 0 Å². The van der Waals surface area contributed by atoms with Crippen molar-refractivity contribution in [1.29, 1.82) is 0 Å². The van der Waals surface area contributed by atoms with Crippen molar-refractivity contribution in [3.05, 3.63) is 64.2 Å². The smallest absolute Gasteiger partial charge is 0.211 e. The minimum Gasteiger partial charge on any atom is -0.370 e. The van der Waals surface area contributed by atoms with Gasteiger partial charge in [-0.2, -0.15) is 0 Å². The fraction of sp³-hybridized carbons (Fsp3) is 0.348. The topological polar surface area (TPSA) is 59.4 Å². The van der Waals surface area contributed by atoms with E-state index >= 15 is 0 Å². The highest BCUT2D eigenvalue weighted by atomic mass is 32.2. The van der Waals surface area contributed by atoms with Crippen molar-refractivity contribution in [2.45, 2.75) is 50.5 Å². The Balaban J connectivity index is 2.33. The SMILES string of the molecule is CCCn1cc(S(=O)(=O)c2ccc(C)cc2)c(=O)c2cc(F)c(N(CC)CC)cc21. The maximum atomic E-state index is 14.9. The number of sulfone groups is 1. The number of aryl methyl sites for hydroxylation is 2. The molecule has 0 bridgehead atoms. The predicted molar refractivity (Wildman–Crippen MR) is 119 cm³/mol. The lowest BCUT2D eigenvalue weighted by Crippen LogP contribution is -2.24. The second-order valence-electron chi connectivity index (χ2n) is 7.33. The standard InChI is InChI=1S/C23H27FN2O3S/c1-5-12-26-15-22(30(28,29)17-10-8-16(4)9-11-17)23(27)18-13-19(24)21(14-20(18)26)25(6-2)7-3/h8-11,13-15H,5-7,12H2,1-4H3.